The maximum atomic E-state index is 13.2. The molecular formula is C16H17BrFNO. The number of halogens is 2. The summed E-state index contributed by atoms with van der Waals surface area (Å²) in [6.07, 6.45) is 0. The Morgan fingerprint density at radius 1 is 1.25 bits per heavy atom. The van der Waals surface area contributed by atoms with Gasteiger partial charge < -0.3 is 10.1 Å². The summed E-state index contributed by atoms with van der Waals surface area (Å²) in [5.74, 6) is 0.607. The fraction of sp³-hybridized carbons (Fsp3) is 0.250. The van der Waals surface area contributed by atoms with Crippen molar-refractivity contribution in [3.05, 3.63) is 63.9 Å². The van der Waals surface area contributed by atoms with Gasteiger partial charge in [0, 0.05) is 12.6 Å². The first-order valence-corrected chi connectivity index (χ1v) is 7.20. The van der Waals surface area contributed by atoms with Crippen molar-refractivity contribution in [1.29, 1.82) is 0 Å². The van der Waals surface area contributed by atoms with Gasteiger partial charge in [-0.1, -0.05) is 18.2 Å². The van der Waals surface area contributed by atoms with Crippen LogP contribution in [0.1, 0.15) is 24.1 Å². The quantitative estimate of drug-likeness (QED) is 0.870. The normalized spacial score (nSPS) is 12.2. The molecule has 0 amide bonds. The van der Waals surface area contributed by atoms with Crippen LogP contribution in [0.4, 0.5) is 4.39 Å². The average Bonchev–Trinajstić information content (AvgIpc) is 2.45. The molecule has 0 fully saturated rings. The van der Waals surface area contributed by atoms with E-state index < -0.39 is 0 Å². The second-order valence-corrected chi connectivity index (χ2v) is 5.48. The number of benzene rings is 2. The Kier molecular flexibility index (Phi) is 5.15. The Morgan fingerprint density at radius 3 is 2.70 bits per heavy atom. The monoisotopic (exact) mass is 337 g/mol. The van der Waals surface area contributed by atoms with E-state index in [4.69, 9.17) is 4.74 Å². The van der Waals surface area contributed by atoms with Crippen molar-refractivity contribution in [2.75, 3.05) is 7.11 Å². The van der Waals surface area contributed by atoms with E-state index in [-0.39, 0.29) is 11.9 Å². The third-order valence-electron chi connectivity index (χ3n) is 3.18. The number of methoxy groups -OCH3 is 1. The molecule has 0 spiro atoms. The molecule has 2 aromatic rings. The van der Waals surface area contributed by atoms with Crippen molar-refractivity contribution in [3.8, 4) is 5.75 Å². The summed E-state index contributed by atoms with van der Waals surface area (Å²) in [7, 11) is 1.64. The highest BCUT2D eigenvalue weighted by Crippen LogP contribution is 2.25. The van der Waals surface area contributed by atoms with Crippen LogP contribution in [0.25, 0.3) is 0 Å². The van der Waals surface area contributed by atoms with Gasteiger partial charge in [-0.25, -0.2) is 4.39 Å². The molecule has 0 aromatic heterocycles. The van der Waals surface area contributed by atoms with E-state index in [2.05, 4.69) is 21.2 Å². The van der Waals surface area contributed by atoms with Crippen molar-refractivity contribution in [2.24, 2.45) is 0 Å². The SMILES string of the molecule is COc1ccc(CNC(C)c2cccc(F)c2)cc1Br. The zero-order chi connectivity index (χ0) is 14.5. The number of hydrogen-bond acceptors (Lipinski definition) is 2. The molecule has 0 radical (unpaired) electrons. The minimum atomic E-state index is -0.205. The molecule has 1 unspecified atom stereocenters. The molecule has 0 heterocycles. The van der Waals surface area contributed by atoms with Gasteiger partial charge in [-0.3, -0.25) is 0 Å². The lowest BCUT2D eigenvalue weighted by Crippen LogP contribution is -2.18. The molecule has 0 bridgehead atoms. The minimum Gasteiger partial charge on any atom is -0.496 e. The van der Waals surface area contributed by atoms with Gasteiger partial charge in [0.2, 0.25) is 0 Å². The average molecular weight is 338 g/mol. The van der Waals surface area contributed by atoms with Crippen molar-refractivity contribution in [1.82, 2.24) is 5.32 Å². The molecule has 0 aliphatic heterocycles. The van der Waals surface area contributed by atoms with Crippen LogP contribution in [0.15, 0.2) is 46.9 Å². The van der Waals surface area contributed by atoms with E-state index in [1.807, 2.05) is 31.2 Å². The zero-order valence-electron chi connectivity index (χ0n) is 11.5. The Bertz CT molecular complexity index is 588. The second kappa shape index (κ2) is 6.86. The van der Waals surface area contributed by atoms with Gasteiger partial charge >= 0.3 is 0 Å². The zero-order valence-corrected chi connectivity index (χ0v) is 13.1. The number of hydrogen-bond donors (Lipinski definition) is 1. The predicted molar refractivity (Wildman–Crippen MR) is 82.3 cm³/mol. The maximum Gasteiger partial charge on any atom is 0.133 e. The van der Waals surface area contributed by atoms with E-state index in [9.17, 15) is 4.39 Å². The van der Waals surface area contributed by atoms with Gasteiger partial charge in [0.1, 0.15) is 11.6 Å². The molecule has 20 heavy (non-hydrogen) atoms. The molecule has 2 aromatic carbocycles. The fourth-order valence-electron chi connectivity index (χ4n) is 1.98. The minimum absolute atomic E-state index is 0.0894. The van der Waals surface area contributed by atoms with Crippen LogP contribution in [0.5, 0.6) is 5.75 Å². The molecule has 106 valence electrons. The van der Waals surface area contributed by atoms with E-state index >= 15 is 0 Å². The molecule has 0 saturated carbocycles. The molecule has 1 N–H and O–H groups in total. The maximum absolute atomic E-state index is 13.2. The van der Waals surface area contributed by atoms with Crippen LogP contribution in [-0.2, 0) is 6.54 Å². The number of ether oxygens (including phenoxy) is 1. The van der Waals surface area contributed by atoms with E-state index in [0.717, 1.165) is 21.3 Å². The predicted octanol–water partition coefficient (Wildman–Crippen LogP) is 4.45. The Hall–Kier alpha value is -1.39. The van der Waals surface area contributed by atoms with Gasteiger partial charge in [-0.2, -0.15) is 0 Å². The fourth-order valence-corrected chi connectivity index (χ4v) is 2.57. The first kappa shape index (κ1) is 15.0. The van der Waals surface area contributed by atoms with Crippen LogP contribution in [0, 0.1) is 5.82 Å². The lowest BCUT2D eigenvalue weighted by Gasteiger charge is -2.15. The van der Waals surface area contributed by atoms with Crippen molar-refractivity contribution in [2.45, 2.75) is 19.5 Å². The molecule has 0 saturated heterocycles. The van der Waals surface area contributed by atoms with Crippen LogP contribution >= 0.6 is 15.9 Å². The molecule has 4 heteroatoms. The summed E-state index contributed by atoms with van der Waals surface area (Å²) in [5, 5.41) is 3.38. The highest BCUT2D eigenvalue weighted by Gasteiger charge is 2.07. The summed E-state index contributed by atoms with van der Waals surface area (Å²) < 4.78 is 19.3. The van der Waals surface area contributed by atoms with Gasteiger partial charge in [0.05, 0.1) is 11.6 Å². The van der Waals surface area contributed by atoms with Gasteiger partial charge in [0.15, 0.2) is 0 Å². The van der Waals surface area contributed by atoms with E-state index in [1.165, 1.54) is 6.07 Å². The van der Waals surface area contributed by atoms with E-state index in [0.29, 0.717) is 6.54 Å². The van der Waals surface area contributed by atoms with Crippen molar-refractivity contribution < 1.29 is 9.13 Å². The summed E-state index contributed by atoms with van der Waals surface area (Å²) >= 11 is 3.47. The lowest BCUT2D eigenvalue weighted by atomic mass is 10.1. The first-order chi connectivity index (χ1) is 9.60. The Labute approximate surface area is 127 Å². The summed E-state index contributed by atoms with van der Waals surface area (Å²) in [5.41, 5.74) is 2.08. The Balaban J connectivity index is 1.99. The number of nitrogens with one attached hydrogen (secondary N) is 1. The van der Waals surface area contributed by atoms with Crippen LogP contribution in [-0.4, -0.2) is 7.11 Å². The molecule has 0 aliphatic rings. The van der Waals surface area contributed by atoms with Crippen molar-refractivity contribution in [3.63, 3.8) is 0 Å². The van der Waals surface area contributed by atoms with Gasteiger partial charge in [0.25, 0.3) is 0 Å². The summed E-state index contributed by atoms with van der Waals surface area (Å²) in [6.45, 7) is 2.73. The molecule has 1 atom stereocenters. The third kappa shape index (κ3) is 3.81. The van der Waals surface area contributed by atoms with Crippen LogP contribution in [0.2, 0.25) is 0 Å². The van der Waals surface area contributed by atoms with Crippen LogP contribution < -0.4 is 10.1 Å². The van der Waals surface area contributed by atoms with Gasteiger partial charge in [-0.05, 0) is 58.2 Å². The molecule has 2 rings (SSSR count). The molecule has 2 nitrogen and oxygen atoms in total. The van der Waals surface area contributed by atoms with Crippen LogP contribution in [0.3, 0.4) is 0 Å². The summed E-state index contributed by atoms with van der Waals surface area (Å²) in [6, 6.07) is 12.7. The molecule has 0 aliphatic carbocycles. The smallest absolute Gasteiger partial charge is 0.133 e. The topological polar surface area (TPSA) is 21.3 Å². The summed E-state index contributed by atoms with van der Waals surface area (Å²) in [4.78, 5) is 0. The number of rotatable bonds is 5. The first-order valence-electron chi connectivity index (χ1n) is 6.41. The second-order valence-electron chi connectivity index (χ2n) is 4.63. The highest BCUT2D eigenvalue weighted by molar-refractivity contribution is 9.10. The standard InChI is InChI=1S/C16H17BrFNO/c1-11(13-4-3-5-14(18)9-13)19-10-12-6-7-16(20-2)15(17)8-12/h3-9,11,19H,10H2,1-2H3. The highest BCUT2D eigenvalue weighted by atomic mass is 79.9. The molecular weight excluding hydrogens is 321 g/mol. The van der Waals surface area contributed by atoms with E-state index in [1.54, 1.807) is 19.2 Å². The van der Waals surface area contributed by atoms with Gasteiger partial charge in [-0.15, -0.1) is 0 Å². The lowest BCUT2D eigenvalue weighted by molar-refractivity contribution is 0.412. The van der Waals surface area contributed by atoms with Crippen molar-refractivity contribution >= 4 is 15.9 Å². The Morgan fingerprint density at radius 2 is 2.05 bits per heavy atom. The largest absolute Gasteiger partial charge is 0.496 e. The third-order valence-corrected chi connectivity index (χ3v) is 3.80.